The molecule has 3 heteroatoms. The lowest BCUT2D eigenvalue weighted by molar-refractivity contribution is 0.605. The van der Waals surface area contributed by atoms with Crippen molar-refractivity contribution in [2.75, 3.05) is 0 Å². The molecular formula is C15H9ClOS. The van der Waals surface area contributed by atoms with Gasteiger partial charge in [-0.25, -0.2) is 0 Å². The molecule has 1 aromatic heterocycles. The van der Waals surface area contributed by atoms with Crippen LogP contribution in [0.25, 0.3) is 22.1 Å². The molecule has 0 radical (unpaired) electrons. The molecule has 0 saturated carbocycles. The van der Waals surface area contributed by atoms with Gasteiger partial charge in [-0.05, 0) is 23.8 Å². The molecule has 0 N–H and O–H groups in total. The van der Waals surface area contributed by atoms with Crippen molar-refractivity contribution in [3.63, 3.8) is 0 Å². The third-order valence-electron chi connectivity index (χ3n) is 2.82. The highest BCUT2D eigenvalue weighted by Gasteiger charge is 2.06. The summed E-state index contributed by atoms with van der Waals surface area (Å²) in [5, 5.41) is 1.54. The van der Waals surface area contributed by atoms with E-state index in [2.05, 4.69) is 0 Å². The fraction of sp³-hybridized carbons (Fsp3) is 0. The lowest BCUT2D eigenvalue weighted by atomic mass is 10.1. The van der Waals surface area contributed by atoms with E-state index >= 15 is 0 Å². The van der Waals surface area contributed by atoms with Crippen LogP contribution in [0.15, 0.2) is 59.2 Å². The van der Waals surface area contributed by atoms with E-state index < -0.39 is 0 Å². The standard InChI is InChI=1S/C15H9ClOS/c16-11-6-7-14-12(8-11)15(18)13(9-17-14)10-4-2-1-3-5-10/h1-9H. The van der Waals surface area contributed by atoms with Gasteiger partial charge in [-0.15, -0.1) is 0 Å². The van der Waals surface area contributed by atoms with Gasteiger partial charge in [0.2, 0.25) is 0 Å². The number of benzene rings is 2. The summed E-state index contributed by atoms with van der Waals surface area (Å²) in [5.74, 6) is 0. The van der Waals surface area contributed by atoms with E-state index in [1.165, 1.54) is 0 Å². The highest BCUT2D eigenvalue weighted by Crippen LogP contribution is 2.28. The van der Waals surface area contributed by atoms with Crippen LogP contribution in [0.3, 0.4) is 0 Å². The van der Waals surface area contributed by atoms with Crippen molar-refractivity contribution in [3.8, 4) is 11.1 Å². The van der Waals surface area contributed by atoms with Crippen LogP contribution in [0.4, 0.5) is 0 Å². The first-order valence-electron chi connectivity index (χ1n) is 5.52. The third kappa shape index (κ3) is 1.94. The van der Waals surface area contributed by atoms with E-state index in [1.807, 2.05) is 42.5 Å². The SMILES string of the molecule is S=c1c(-c2ccccc2)coc2ccc(Cl)cc12. The molecule has 1 heterocycles. The minimum atomic E-state index is 0.661. The Bertz CT molecular complexity index is 762. The second-order valence-electron chi connectivity index (χ2n) is 3.99. The molecule has 0 spiro atoms. The maximum atomic E-state index is 6.00. The zero-order chi connectivity index (χ0) is 12.5. The Morgan fingerprint density at radius 3 is 2.56 bits per heavy atom. The number of fused-ring (bicyclic) bond motifs is 1. The molecule has 0 aliphatic heterocycles. The summed E-state index contributed by atoms with van der Waals surface area (Å²) < 4.78 is 6.38. The quantitative estimate of drug-likeness (QED) is 0.544. The van der Waals surface area contributed by atoms with Crippen molar-refractivity contribution in [3.05, 3.63) is 64.3 Å². The average Bonchev–Trinajstić information content (AvgIpc) is 2.41. The summed E-state index contributed by atoms with van der Waals surface area (Å²) >= 11 is 11.5. The maximum absolute atomic E-state index is 6.00. The van der Waals surface area contributed by atoms with Gasteiger partial charge >= 0.3 is 0 Å². The summed E-state index contributed by atoms with van der Waals surface area (Å²) in [6.07, 6.45) is 1.70. The zero-order valence-corrected chi connectivity index (χ0v) is 11.0. The van der Waals surface area contributed by atoms with Gasteiger partial charge in [-0.2, -0.15) is 0 Å². The van der Waals surface area contributed by atoms with Crippen LogP contribution in [0.2, 0.25) is 5.02 Å². The predicted octanol–water partition coefficient (Wildman–Crippen LogP) is 5.48. The summed E-state index contributed by atoms with van der Waals surface area (Å²) in [4.78, 5) is 0. The van der Waals surface area contributed by atoms with Crippen molar-refractivity contribution >= 4 is 34.8 Å². The molecule has 0 bridgehead atoms. The Kier molecular flexibility index (Phi) is 2.90. The van der Waals surface area contributed by atoms with Gasteiger partial charge in [0, 0.05) is 16.0 Å². The molecule has 2 aromatic carbocycles. The Balaban J connectivity index is 2.33. The van der Waals surface area contributed by atoms with Crippen LogP contribution in [0, 0.1) is 4.51 Å². The normalized spacial score (nSPS) is 10.7. The molecule has 1 nitrogen and oxygen atoms in total. The molecule has 88 valence electrons. The van der Waals surface area contributed by atoms with Gasteiger partial charge in [0.25, 0.3) is 0 Å². The smallest absolute Gasteiger partial charge is 0.135 e. The van der Waals surface area contributed by atoms with Gasteiger partial charge in [0.05, 0.1) is 4.51 Å². The highest BCUT2D eigenvalue weighted by atomic mass is 35.5. The van der Waals surface area contributed by atoms with Crippen LogP contribution in [-0.4, -0.2) is 0 Å². The first kappa shape index (κ1) is 11.5. The lowest BCUT2D eigenvalue weighted by Crippen LogP contribution is -1.81. The molecule has 0 amide bonds. The van der Waals surface area contributed by atoms with Crippen LogP contribution in [-0.2, 0) is 0 Å². The second-order valence-corrected chi connectivity index (χ2v) is 4.83. The van der Waals surface area contributed by atoms with E-state index in [4.69, 9.17) is 28.2 Å². The van der Waals surface area contributed by atoms with Crippen LogP contribution in [0.1, 0.15) is 0 Å². The molecule has 0 unspecified atom stereocenters. The third-order valence-corrected chi connectivity index (χ3v) is 3.49. The fourth-order valence-electron chi connectivity index (χ4n) is 1.92. The van der Waals surface area contributed by atoms with Crippen LogP contribution < -0.4 is 0 Å². The van der Waals surface area contributed by atoms with Crippen LogP contribution >= 0.6 is 23.8 Å². The van der Waals surface area contributed by atoms with Crippen molar-refractivity contribution in [2.24, 2.45) is 0 Å². The van der Waals surface area contributed by atoms with E-state index in [1.54, 1.807) is 12.3 Å². The molecule has 0 atom stereocenters. The lowest BCUT2D eigenvalue weighted by Gasteiger charge is -2.04. The highest BCUT2D eigenvalue weighted by molar-refractivity contribution is 7.71. The minimum absolute atomic E-state index is 0.661. The molecule has 3 aromatic rings. The summed E-state index contributed by atoms with van der Waals surface area (Å²) in [6.45, 7) is 0. The Morgan fingerprint density at radius 2 is 1.78 bits per heavy atom. The first-order valence-corrected chi connectivity index (χ1v) is 6.31. The van der Waals surface area contributed by atoms with E-state index in [0.717, 1.165) is 26.6 Å². The van der Waals surface area contributed by atoms with Gasteiger partial charge in [-0.1, -0.05) is 54.2 Å². The molecule has 18 heavy (non-hydrogen) atoms. The second kappa shape index (κ2) is 4.56. The number of hydrogen-bond acceptors (Lipinski definition) is 2. The van der Waals surface area contributed by atoms with Gasteiger partial charge < -0.3 is 4.42 Å². The number of halogens is 1. The van der Waals surface area contributed by atoms with E-state index in [9.17, 15) is 0 Å². The summed E-state index contributed by atoms with van der Waals surface area (Å²) in [5.41, 5.74) is 2.72. The summed E-state index contributed by atoms with van der Waals surface area (Å²) in [7, 11) is 0. The molecule has 0 aliphatic rings. The Hall–Kier alpha value is -1.64. The molecule has 3 rings (SSSR count). The molecular weight excluding hydrogens is 264 g/mol. The first-order chi connectivity index (χ1) is 8.75. The topological polar surface area (TPSA) is 13.1 Å². The molecule has 0 fully saturated rings. The van der Waals surface area contributed by atoms with Gasteiger partial charge in [0.1, 0.15) is 11.8 Å². The summed E-state index contributed by atoms with van der Waals surface area (Å²) in [6, 6.07) is 15.4. The minimum Gasteiger partial charge on any atom is -0.464 e. The molecule has 0 aliphatic carbocycles. The van der Waals surface area contributed by atoms with E-state index in [0.29, 0.717) is 5.02 Å². The van der Waals surface area contributed by atoms with Gasteiger partial charge in [0.15, 0.2) is 0 Å². The van der Waals surface area contributed by atoms with Crippen molar-refractivity contribution in [1.29, 1.82) is 0 Å². The number of hydrogen-bond donors (Lipinski definition) is 0. The van der Waals surface area contributed by atoms with Gasteiger partial charge in [-0.3, -0.25) is 0 Å². The van der Waals surface area contributed by atoms with Crippen molar-refractivity contribution < 1.29 is 4.42 Å². The maximum Gasteiger partial charge on any atom is 0.135 e. The number of rotatable bonds is 1. The fourth-order valence-corrected chi connectivity index (χ4v) is 2.42. The predicted molar refractivity (Wildman–Crippen MR) is 77.5 cm³/mol. The van der Waals surface area contributed by atoms with E-state index in [-0.39, 0.29) is 0 Å². The Labute approximate surface area is 115 Å². The van der Waals surface area contributed by atoms with Crippen LogP contribution in [0.5, 0.6) is 0 Å². The largest absolute Gasteiger partial charge is 0.464 e. The van der Waals surface area contributed by atoms with Crippen molar-refractivity contribution in [2.45, 2.75) is 0 Å². The monoisotopic (exact) mass is 272 g/mol. The zero-order valence-electron chi connectivity index (χ0n) is 9.39. The average molecular weight is 273 g/mol. The Morgan fingerprint density at radius 1 is 1.00 bits per heavy atom. The van der Waals surface area contributed by atoms with Crippen molar-refractivity contribution in [1.82, 2.24) is 0 Å². The molecule has 0 saturated heterocycles.